The molecular formula is C13H15ClN2O2S. The summed E-state index contributed by atoms with van der Waals surface area (Å²) >= 11 is 6.19. The van der Waals surface area contributed by atoms with Gasteiger partial charge in [-0.2, -0.15) is 8.42 Å². The van der Waals surface area contributed by atoms with E-state index in [1.165, 1.54) is 0 Å². The van der Waals surface area contributed by atoms with Gasteiger partial charge >= 0.3 is 0 Å². The van der Waals surface area contributed by atoms with Crippen molar-refractivity contribution in [2.45, 2.75) is 43.7 Å². The van der Waals surface area contributed by atoms with Gasteiger partial charge in [0.05, 0.1) is 10.6 Å². The lowest BCUT2D eigenvalue weighted by Gasteiger charge is -2.28. The van der Waals surface area contributed by atoms with Crippen LogP contribution < -0.4 is 0 Å². The summed E-state index contributed by atoms with van der Waals surface area (Å²) in [6, 6.07) is 5.51. The molecule has 1 aliphatic carbocycles. The molecule has 102 valence electrons. The molecule has 1 heterocycles. The number of amidine groups is 1. The largest absolute Gasteiger partial charge is 0.350 e. The molecule has 1 aromatic rings. The Morgan fingerprint density at radius 3 is 2.63 bits per heavy atom. The van der Waals surface area contributed by atoms with Gasteiger partial charge in [0.15, 0.2) is 5.84 Å². The van der Waals surface area contributed by atoms with E-state index in [1.807, 2.05) is 13.8 Å². The van der Waals surface area contributed by atoms with Crippen molar-refractivity contribution in [1.29, 1.82) is 0 Å². The van der Waals surface area contributed by atoms with Crippen LogP contribution >= 0.6 is 11.6 Å². The first kappa shape index (κ1) is 12.9. The maximum Gasteiger partial charge on any atom is 0.285 e. The van der Waals surface area contributed by atoms with E-state index >= 15 is 0 Å². The molecule has 4 nitrogen and oxygen atoms in total. The molecule has 2 aliphatic rings. The van der Waals surface area contributed by atoms with Crippen LogP contribution in [0, 0.1) is 0 Å². The molecular weight excluding hydrogens is 284 g/mol. The fraction of sp³-hybridized carbons (Fsp3) is 0.462. The van der Waals surface area contributed by atoms with Gasteiger partial charge in [-0.3, -0.25) is 0 Å². The summed E-state index contributed by atoms with van der Waals surface area (Å²) in [5, 5.41) is 0.448. The van der Waals surface area contributed by atoms with Crippen molar-refractivity contribution in [2.75, 3.05) is 0 Å². The van der Waals surface area contributed by atoms with Crippen LogP contribution in [0.15, 0.2) is 27.5 Å². The van der Waals surface area contributed by atoms with Crippen LogP contribution in [0.25, 0.3) is 0 Å². The van der Waals surface area contributed by atoms with Crippen LogP contribution in [0.1, 0.15) is 32.3 Å². The number of hydrogen-bond acceptors (Lipinski definition) is 3. The van der Waals surface area contributed by atoms with Gasteiger partial charge in [0.2, 0.25) is 0 Å². The fourth-order valence-corrected chi connectivity index (χ4v) is 4.05. The average molecular weight is 299 g/mol. The van der Waals surface area contributed by atoms with Crippen molar-refractivity contribution in [3.05, 3.63) is 28.8 Å². The number of rotatable bonds is 2. The lowest BCUT2D eigenvalue weighted by Crippen LogP contribution is -2.38. The van der Waals surface area contributed by atoms with Crippen molar-refractivity contribution in [2.24, 2.45) is 4.40 Å². The highest BCUT2D eigenvalue weighted by Crippen LogP contribution is 2.38. The third-order valence-corrected chi connectivity index (χ3v) is 5.05. The second kappa shape index (κ2) is 4.21. The van der Waals surface area contributed by atoms with E-state index in [2.05, 4.69) is 9.30 Å². The van der Waals surface area contributed by atoms with Gasteiger partial charge in [-0.15, -0.1) is 4.40 Å². The van der Waals surface area contributed by atoms with E-state index in [1.54, 1.807) is 18.2 Å². The maximum atomic E-state index is 12.1. The Labute approximate surface area is 118 Å². The van der Waals surface area contributed by atoms with Gasteiger partial charge in [-0.25, -0.2) is 0 Å². The van der Waals surface area contributed by atoms with Crippen LogP contribution in [0.4, 0.5) is 0 Å². The molecule has 0 saturated heterocycles. The molecule has 0 atom stereocenters. The Bertz CT molecular complexity index is 661. The predicted octanol–water partition coefficient (Wildman–Crippen LogP) is 2.66. The zero-order valence-electron chi connectivity index (χ0n) is 10.8. The molecule has 0 bridgehead atoms. The molecule has 0 amide bonds. The molecule has 1 aliphatic heterocycles. The van der Waals surface area contributed by atoms with Gasteiger partial charge in [0.1, 0.15) is 4.90 Å². The van der Waals surface area contributed by atoms with Gasteiger partial charge in [0, 0.05) is 12.1 Å². The quantitative estimate of drug-likeness (QED) is 0.843. The number of nitrogens with zero attached hydrogens (tertiary/aromatic N) is 2. The Hall–Kier alpha value is -1.07. The lowest BCUT2D eigenvalue weighted by molar-refractivity contribution is 0.341. The Morgan fingerprint density at radius 1 is 1.37 bits per heavy atom. The van der Waals surface area contributed by atoms with Crippen LogP contribution in [0.3, 0.4) is 0 Å². The molecule has 1 aromatic carbocycles. The Balaban J connectivity index is 2.19. The number of halogens is 1. The zero-order chi connectivity index (χ0) is 13.8. The minimum Gasteiger partial charge on any atom is -0.350 e. The van der Waals surface area contributed by atoms with Gasteiger partial charge in [-0.1, -0.05) is 17.7 Å². The third kappa shape index (κ3) is 2.05. The van der Waals surface area contributed by atoms with Gasteiger partial charge in [0.25, 0.3) is 10.0 Å². The Kier molecular flexibility index (Phi) is 2.87. The number of benzene rings is 1. The summed E-state index contributed by atoms with van der Waals surface area (Å²) in [7, 11) is -3.60. The normalized spacial score (nSPS) is 20.3. The summed E-state index contributed by atoms with van der Waals surface area (Å²) < 4.78 is 28.2. The molecule has 19 heavy (non-hydrogen) atoms. The van der Waals surface area contributed by atoms with Crippen molar-refractivity contribution in [1.82, 2.24) is 4.90 Å². The minimum atomic E-state index is -3.60. The van der Waals surface area contributed by atoms with Crippen LogP contribution in [-0.2, 0) is 10.0 Å². The van der Waals surface area contributed by atoms with Gasteiger partial charge < -0.3 is 4.90 Å². The fourth-order valence-electron chi connectivity index (χ4n) is 2.51. The van der Waals surface area contributed by atoms with E-state index < -0.39 is 10.0 Å². The zero-order valence-corrected chi connectivity index (χ0v) is 12.4. The monoisotopic (exact) mass is 298 g/mol. The van der Waals surface area contributed by atoms with Crippen LogP contribution in [-0.4, -0.2) is 31.2 Å². The van der Waals surface area contributed by atoms with Crippen LogP contribution in [0.5, 0.6) is 0 Å². The Morgan fingerprint density at radius 2 is 2.05 bits per heavy atom. The van der Waals surface area contributed by atoms with Crippen molar-refractivity contribution >= 4 is 27.5 Å². The highest BCUT2D eigenvalue weighted by Gasteiger charge is 2.40. The highest BCUT2D eigenvalue weighted by molar-refractivity contribution is 7.90. The second-order valence-electron chi connectivity index (χ2n) is 5.24. The summed E-state index contributed by atoms with van der Waals surface area (Å²) in [6.07, 6.45) is 2.16. The standard InChI is InChI=1S/C13H15ClN2O2S/c1-8(2)16(9-6-7-9)13-12-10(14)4-3-5-11(12)19(17,18)15-13/h3-5,8-9H,6-7H2,1-2H3. The molecule has 1 fully saturated rings. The first-order valence-electron chi connectivity index (χ1n) is 6.34. The molecule has 0 radical (unpaired) electrons. The smallest absolute Gasteiger partial charge is 0.285 e. The third-order valence-electron chi connectivity index (χ3n) is 3.42. The first-order chi connectivity index (χ1) is 8.92. The number of fused-ring (bicyclic) bond motifs is 1. The summed E-state index contributed by atoms with van der Waals surface area (Å²) in [6.45, 7) is 4.09. The number of sulfonamides is 1. The SMILES string of the molecule is CC(C)N(C1=NS(=O)(=O)c2cccc(Cl)c21)C1CC1. The molecule has 0 unspecified atom stereocenters. The van der Waals surface area contributed by atoms with Crippen molar-refractivity contribution < 1.29 is 8.42 Å². The van der Waals surface area contributed by atoms with E-state index in [4.69, 9.17) is 11.6 Å². The van der Waals surface area contributed by atoms with E-state index in [-0.39, 0.29) is 10.9 Å². The topological polar surface area (TPSA) is 49.7 Å². The predicted molar refractivity (Wildman–Crippen MR) is 75.2 cm³/mol. The molecule has 0 aromatic heterocycles. The summed E-state index contributed by atoms with van der Waals surface area (Å²) in [4.78, 5) is 2.30. The molecule has 1 saturated carbocycles. The molecule has 6 heteroatoms. The first-order valence-corrected chi connectivity index (χ1v) is 8.16. The maximum absolute atomic E-state index is 12.1. The molecule has 0 spiro atoms. The average Bonchev–Trinajstić information content (AvgIpc) is 3.07. The molecule has 0 N–H and O–H groups in total. The van der Waals surface area contributed by atoms with E-state index in [0.717, 1.165) is 12.8 Å². The highest BCUT2D eigenvalue weighted by atomic mass is 35.5. The lowest BCUT2D eigenvalue weighted by atomic mass is 10.1. The minimum absolute atomic E-state index is 0.198. The second-order valence-corrected chi connectivity index (χ2v) is 7.21. The van der Waals surface area contributed by atoms with E-state index in [0.29, 0.717) is 22.5 Å². The van der Waals surface area contributed by atoms with Gasteiger partial charge in [-0.05, 0) is 38.8 Å². The summed E-state index contributed by atoms with van der Waals surface area (Å²) in [5.41, 5.74) is 0.560. The number of hydrogen-bond donors (Lipinski definition) is 0. The van der Waals surface area contributed by atoms with Crippen molar-refractivity contribution in [3.63, 3.8) is 0 Å². The molecule has 3 rings (SSSR count). The van der Waals surface area contributed by atoms with E-state index in [9.17, 15) is 8.42 Å². The van der Waals surface area contributed by atoms with Crippen LogP contribution in [0.2, 0.25) is 5.02 Å². The van der Waals surface area contributed by atoms with Crippen molar-refractivity contribution in [3.8, 4) is 0 Å². The summed E-state index contributed by atoms with van der Waals surface area (Å²) in [5.74, 6) is 0.512.